The second kappa shape index (κ2) is 15.2. The summed E-state index contributed by atoms with van der Waals surface area (Å²) >= 11 is 0. The van der Waals surface area contributed by atoms with Crippen LogP contribution < -0.4 is 5.32 Å². The van der Waals surface area contributed by atoms with Crippen molar-refractivity contribution < 1.29 is 41.8 Å². The van der Waals surface area contributed by atoms with Crippen LogP contribution in [0.3, 0.4) is 0 Å². The molecule has 3 aromatic rings. The number of rotatable bonds is 12. The van der Waals surface area contributed by atoms with E-state index in [1.54, 1.807) is 68.4 Å². The number of ether oxygens (including phenoxy) is 2. The van der Waals surface area contributed by atoms with Crippen molar-refractivity contribution in [2.45, 2.75) is 65.0 Å². The molecule has 1 aliphatic carbocycles. The molecule has 1 aliphatic rings. The Morgan fingerprint density at radius 3 is 1.98 bits per heavy atom. The Hall–Kier alpha value is -4.47. The summed E-state index contributed by atoms with van der Waals surface area (Å²) in [5.74, 6) is -2.93. The van der Waals surface area contributed by atoms with E-state index in [1.165, 1.54) is 6.07 Å². The van der Waals surface area contributed by atoms with Crippen molar-refractivity contribution >= 4 is 29.3 Å². The van der Waals surface area contributed by atoms with Gasteiger partial charge in [-0.3, -0.25) is 19.2 Å². The van der Waals surface area contributed by atoms with Crippen LogP contribution in [0.1, 0.15) is 73.9 Å². The number of Topliss-reactive ketones (excluding diaryl/α,β-unsaturated/α-hetero) is 1. The topological polar surface area (TPSA) is 98.8 Å². The Kier molecular flexibility index (Phi) is 11.4. The Labute approximate surface area is 266 Å². The van der Waals surface area contributed by atoms with E-state index in [0.29, 0.717) is 35.2 Å². The van der Waals surface area contributed by atoms with Gasteiger partial charge in [-0.05, 0) is 73.6 Å². The highest BCUT2D eigenvalue weighted by Gasteiger charge is 2.55. The minimum absolute atomic E-state index is 0.0570. The molecule has 0 bridgehead atoms. The lowest BCUT2D eigenvalue weighted by Crippen LogP contribution is -2.50. The van der Waals surface area contributed by atoms with Crippen LogP contribution in [-0.2, 0) is 36.5 Å². The Morgan fingerprint density at radius 2 is 1.41 bits per heavy atom. The zero-order valence-corrected chi connectivity index (χ0v) is 26.0. The van der Waals surface area contributed by atoms with E-state index in [9.17, 15) is 32.3 Å². The van der Waals surface area contributed by atoms with Crippen molar-refractivity contribution in [3.05, 3.63) is 89.5 Å². The van der Waals surface area contributed by atoms with Gasteiger partial charge in [0.25, 0.3) is 5.91 Å². The van der Waals surface area contributed by atoms with Gasteiger partial charge in [0.2, 0.25) is 0 Å². The number of hydrogen-bond acceptors (Lipinski definition) is 6. The molecule has 1 amide bonds. The van der Waals surface area contributed by atoms with E-state index < -0.39 is 35.0 Å². The Morgan fingerprint density at radius 1 is 0.804 bits per heavy atom. The first-order valence-electron chi connectivity index (χ1n) is 15.5. The third kappa shape index (κ3) is 8.02. The van der Waals surface area contributed by atoms with E-state index in [-0.39, 0.29) is 43.3 Å². The lowest BCUT2D eigenvalue weighted by Gasteiger charge is -2.38. The number of esters is 2. The molecule has 0 aromatic heterocycles. The molecule has 0 heterocycles. The summed E-state index contributed by atoms with van der Waals surface area (Å²) < 4.78 is 51.2. The molecule has 4 rings (SSSR count). The van der Waals surface area contributed by atoms with Gasteiger partial charge in [0.1, 0.15) is 5.78 Å². The first kappa shape index (κ1) is 34.4. The molecular weight excluding hydrogens is 599 g/mol. The number of benzene rings is 3. The number of nitrogens with one attached hydrogen (secondary N) is 1. The summed E-state index contributed by atoms with van der Waals surface area (Å²) in [4.78, 5) is 53.4. The molecule has 1 saturated carbocycles. The number of halogens is 3. The molecule has 0 aliphatic heterocycles. The summed E-state index contributed by atoms with van der Waals surface area (Å²) in [5.41, 5.74) is -0.996. The summed E-state index contributed by atoms with van der Waals surface area (Å²) in [7, 11) is 0. The molecule has 0 radical (unpaired) electrons. The van der Waals surface area contributed by atoms with Crippen LogP contribution >= 0.6 is 0 Å². The number of carbonyl (C=O) groups is 4. The molecule has 7 nitrogen and oxygen atoms in total. The summed E-state index contributed by atoms with van der Waals surface area (Å²) in [6.07, 6.45) is -1.21. The van der Waals surface area contributed by atoms with Crippen LogP contribution in [0.25, 0.3) is 11.1 Å². The third-order valence-corrected chi connectivity index (χ3v) is 8.35. The molecular formula is C36H38F3NO6. The van der Waals surface area contributed by atoms with Crippen molar-refractivity contribution in [2.75, 3.05) is 18.5 Å². The summed E-state index contributed by atoms with van der Waals surface area (Å²) in [6.45, 7) is 3.40. The maximum Gasteiger partial charge on any atom is 0.416 e. The predicted molar refractivity (Wildman–Crippen MR) is 167 cm³/mol. The highest BCUT2D eigenvalue weighted by atomic mass is 19.4. The molecule has 0 atom stereocenters. The quantitative estimate of drug-likeness (QED) is 0.161. The van der Waals surface area contributed by atoms with Gasteiger partial charge in [0.05, 0.1) is 18.8 Å². The van der Waals surface area contributed by atoms with E-state index in [0.717, 1.165) is 31.4 Å². The van der Waals surface area contributed by atoms with E-state index in [1.807, 2.05) is 0 Å². The van der Waals surface area contributed by atoms with Crippen molar-refractivity contribution in [3.63, 3.8) is 0 Å². The van der Waals surface area contributed by atoms with Crippen LogP contribution in [0.2, 0.25) is 0 Å². The Bertz CT molecular complexity index is 1510. The van der Waals surface area contributed by atoms with Crippen molar-refractivity contribution in [1.82, 2.24) is 0 Å². The van der Waals surface area contributed by atoms with Crippen LogP contribution in [0, 0.1) is 11.3 Å². The van der Waals surface area contributed by atoms with Gasteiger partial charge >= 0.3 is 18.1 Å². The number of alkyl halides is 3. The second-order valence-corrected chi connectivity index (χ2v) is 11.4. The minimum Gasteiger partial charge on any atom is -0.465 e. The van der Waals surface area contributed by atoms with Crippen molar-refractivity contribution in [1.29, 1.82) is 0 Å². The third-order valence-electron chi connectivity index (χ3n) is 8.35. The average molecular weight is 638 g/mol. The zero-order valence-electron chi connectivity index (χ0n) is 26.0. The van der Waals surface area contributed by atoms with Gasteiger partial charge in [-0.2, -0.15) is 13.2 Å². The molecule has 0 unspecified atom stereocenters. The number of hydrogen-bond donors (Lipinski definition) is 1. The smallest absolute Gasteiger partial charge is 0.416 e. The van der Waals surface area contributed by atoms with Crippen LogP contribution in [-0.4, -0.2) is 36.8 Å². The Balaban J connectivity index is 1.53. The summed E-state index contributed by atoms with van der Waals surface area (Å²) in [5, 5.41) is 2.65. The molecule has 0 saturated heterocycles. The maximum absolute atomic E-state index is 13.5. The molecule has 244 valence electrons. The molecule has 1 fully saturated rings. The van der Waals surface area contributed by atoms with Gasteiger partial charge in [-0.15, -0.1) is 0 Å². The van der Waals surface area contributed by atoms with Gasteiger partial charge in [0, 0.05) is 24.1 Å². The molecule has 10 heteroatoms. The lowest BCUT2D eigenvalue weighted by atomic mass is 9.65. The fraction of sp³-hybridized carbons (Fsp3) is 0.389. The van der Waals surface area contributed by atoms with E-state index >= 15 is 0 Å². The maximum atomic E-state index is 13.5. The van der Waals surface area contributed by atoms with Gasteiger partial charge in [0.15, 0.2) is 5.41 Å². The second-order valence-electron chi connectivity index (χ2n) is 11.4. The highest BCUT2D eigenvalue weighted by molar-refractivity contribution is 6.09. The highest BCUT2D eigenvalue weighted by Crippen LogP contribution is 2.44. The molecule has 46 heavy (non-hydrogen) atoms. The van der Waals surface area contributed by atoms with E-state index in [4.69, 9.17) is 9.47 Å². The minimum atomic E-state index is -4.63. The van der Waals surface area contributed by atoms with Crippen LogP contribution in [0.4, 0.5) is 18.9 Å². The fourth-order valence-corrected chi connectivity index (χ4v) is 6.10. The number of ketones is 1. The zero-order chi connectivity index (χ0) is 33.3. The monoisotopic (exact) mass is 637 g/mol. The lowest BCUT2D eigenvalue weighted by molar-refractivity contribution is -0.180. The van der Waals surface area contributed by atoms with Crippen molar-refractivity contribution in [2.24, 2.45) is 11.3 Å². The van der Waals surface area contributed by atoms with Crippen molar-refractivity contribution in [3.8, 4) is 11.1 Å². The molecule has 3 aromatic carbocycles. The number of amides is 1. The van der Waals surface area contributed by atoms with Gasteiger partial charge in [-0.1, -0.05) is 67.8 Å². The van der Waals surface area contributed by atoms with Crippen LogP contribution in [0.15, 0.2) is 72.8 Å². The SMILES string of the molecule is CCOC(=O)C(CC(=O)Cc1ccc(NC(=O)c2cc(C(F)(F)F)ccc2-c2ccccc2)cc1)(C(=O)OCC)C1CCCCC1. The first-order valence-corrected chi connectivity index (χ1v) is 15.5. The molecule has 1 N–H and O–H groups in total. The largest absolute Gasteiger partial charge is 0.465 e. The normalized spacial score (nSPS) is 13.9. The average Bonchev–Trinajstić information content (AvgIpc) is 3.05. The standard InChI is InChI=1S/C36H38F3NO6/c1-3-45-33(43)35(34(44)46-4-2,26-13-9-6-10-14-26)23-29(41)21-24-15-18-28(19-16-24)40-32(42)31-22-27(36(37,38)39)17-20-30(31)25-11-7-5-8-12-25/h5,7-8,11-12,15-20,22,26H,3-4,6,9-10,13-14,21,23H2,1-2H3,(H,40,42). The van der Waals surface area contributed by atoms with Crippen LogP contribution in [0.5, 0.6) is 0 Å². The van der Waals surface area contributed by atoms with Gasteiger partial charge in [-0.25, -0.2) is 0 Å². The fourth-order valence-electron chi connectivity index (χ4n) is 6.10. The number of anilines is 1. The molecule has 0 spiro atoms. The van der Waals surface area contributed by atoms with E-state index in [2.05, 4.69) is 5.32 Å². The predicted octanol–water partition coefficient (Wildman–Crippen LogP) is 7.82. The number of carbonyl (C=O) groups excluding carboxylic acids is 4. The van der Waals surface area contributed by atoms with Gasteiger partial charge < -0.3 is 14.8 Å². The first-order chi connectivity index (χ1) is 22.0. The summed E-state index contributed by atoms with van der Waals surface area (Å²) in [6, 6.07) is 18.0.